The van der Waals surface area contributed by atoms with Crippen molar-refractivity contribution in [3.05, 3.63) is 113 Å². The van der Waals surface area contributed by atoms with E-state index in [0.29, 0.717) is 26.1 Å². The third kappa shape index (κ3) is 6.48. The van der Waals surface area contributed by atoms with Gasteiger partial charge >= 0.3 is 5.69 Å². The Kier molecular flexibility index (Phi) is 9.38. The molecule has 12 nitrogen and oxygen atoms in total. The molecule has 2 aliphatic heterocycles. The summed E-state index contributed by atoms with van der Waals surface area (Å²) < 4.78 is 45.2. The molecule has 0 saturated carbocycles. The van der Waals surface area contributed by atoms with Crippen LogP contribution in [0.4, 0.5) is 20.2 Å². The van der Waals surface area contributed by atoms with E-state index in [4.69, 9.17) is 9.47 Å². The minimum Gasteiger partial charge on any atom is -0.493 e. The standard InChI is InChI=1S/C36H40F2N8O4/c1-3-34(25(2)47)46-35(48)44(24-41-46)30-7-5-28(6-8-30)42-14-16-43(17-15-42)29-9-11-31(12-10-29)49-20-26-19-36(50-21-26,45-23-39-22-40-45)32-13-4-27(37)18-33(32)38/h4-13,18,22-26,34,47H,3,14-17,19-21H2,1-2H3/t25-,26+,34-,36+/m0/s1. The number of aromatic nitrogens is 6. The van der Waals surface area contributed by atoms with Crippen molar-refractivity contribution < 1.29 is 23.4 Å². The smallest absolute Gasteiger partial charge is 0.350 e. The van der Waals surface area contributed by atoms with Gasteiger partial charge in [-0.2, -0.15) is 10.2 Å². The average molecular weight is 687 g/mol. The topological polar surface area (TPSA) is 116 Å². The van der Waals surface area contributed by atoms with Crippen LogP contribution in [0.1, 0.15) is 38.3 Å². The highest BCUT2D eigenvalue weighted by Gasteiger charge is 2.46. The van der Waals surface area contributed by atoms with E-state index >= 15 is 0 Å². The van der Waals surface area contributed by atoms with Crippen molar-refractivity contribution in [1.82, 2.24) is 29.1 Å². The summed E-state index contributed by atoms with van der Waals surface area (Å²) in [6.45, 7) is 7.62. The van der Waals surface area contributed by atoms with Gasteiger partial charge in [-0.15, -0.1) is 0 Å². The highest BCUT2D eigenvalue weighted by molar-refractivity contribution is 5.54. The van der Waals surface area contributed by atoms with Crippen LogP contribution < -0.4 is 20.2 Å². The van der Waals surface area contributed by atoms with E-state index < -0.39 is 23.5 Å². The summed E-state index contributed by atoms with van der Waals surface area (Å²) >= 11 is 0. The number of rotatable bonds is 11. The molecule has 7 rings (SSSR count). The van der Waals surface area contributed by atoms with Crippen LogP contribution in [0.3, 0.4) is 0 Å². The highest BCUT2D eigenvalue weighted by atomic mass is 19.1. The van der Waals surface area contributed by atoms with Crippen LogP contribution in [0, 0.1) is 17.6 Å². The van der Waals surface area contributed by atoms with Gasteiger partial charge in [-0.3, -0.25) is 0 Å². The van der Waals surface area contributed by atoms with Gasteiger partial charge in [0.1, 0.15) is 36.4 Å². The number of anilines is 2. The second-order valence-corrected chi connectivity index (χ2v) is 12.9. The second-order valence-electron chi connectivity index (χ2n) is 12.9. The van der Waals surface area contributed by atoms with E-state index in [9.17, 15) is 18.7 Å². The molecule has 0 unspecified atom stereocenters. The number of ether oxygens (including phenoxy) is 2. The predicted molar refractivity (Wildman–Crippen MR) is 183 cm³/mol. The van der Waals surface area contributed by atoms with Crippen LogP contribution in [0.15, 0.2) is 90.5 Å². The quantitative estimate of drug-likeness (QED) is 0.216. The third-order valence-corrected chi connectivity index (χ3v) is 9.71. The number of nitrogens with zero attached hydrogens (tertiary/aromatic N) is 8. The fraction of sp³-hybridized carbons (Fsp3) is 0.389. The molecule has 0 amide bonds. The minimum atomic E-state index is -1.24. The molecule has 262 valence electrons. The summed E-state index contributed by atoms with van der Waals surface area (Å²) in [6, 6.07) is 19.0. The van der Waals surface area contributed by atoms with E-state index in [1.165, 1.54) is 45.0 Å². The lowest BCUT2D eigenvalue weighted by Gasteiger charge is -2.37. The Morgan fingerprint density at radius 2 is 1.60 bits per heavy atom. The second kappa shape index (κ2) is 14.0. The number of aliphatic hydroxyl groups excluding tert-OH is 1. The first-order valence-corrected chi connectivity index (χ1v) is 16.9. The largest absolute Gasteiger partial charge is 0.493 e. The zero-order valence-electron chi connectivity index (χ0n) is 28.0. The van der Waals surface area contributed by atoms with Gasteiger partial charge in [0.2, 0.25) is 0 Å². The Morgan fingerprint density at radius 3 is 2.20 bits per heavy atom. The fourth-order valence-electron chi connectivity index (χ4n) is 7.00. The molecule has 5 aromatic rings. The van der Waals surface area contributed by atoms with Gasteiger partial charge in [0.25, 0.3) is 0 Å². The SMILES string of the molecule is CC[C@@H]([C@H](C)O)n1ncn(-c2ccc(N3CCN(c4ccc(OC[C@@H]5CO[C@](c6ccc(F)cc6F)(n6cncn6)C5)cc4)CC3)cc2)c1=O. The van der Waals surface area contributed by atoms with Crippen molar-refractivity contribution in [3.63, 3.8) is 0 Å². The Hall–Kier alpha value is -5.08. The summed E-state index contributed by atoms with van der Waals surface area (Å²) in [7, 11) is 0. The lowest BCUT2D eigenvalue weighted by atomic mass is 9.94. The number of halogens is 2. The van der Waals surface area contributed by atoms with E-state index in [0.717, 1.165) is 55.1 Å². The summed E-state index contributed by atoms with van der Waals surface area (Å²) in [4.78, 5) is 21.7. The maximum Gasteiger partial charge on any atom is 0.350 e. The van der Waals surface area contributed by atoms with E-state index in [-0.39, 0.29) is 23.2 Å². The Labute approximate surface area is 288 Å². The highest BCUT2D eigenvalue weighted by Crippen LogP contribution is 2.41. The number of aliphatic hydroxyl groups is 1. The Bertz CT molecular complexity index is 1940. The Balaban J connectivity index is 0.928. The van der Waals surface area contributed by atoms with E-state index in [1.54, 1.807) is 6.92 Å². The predicted octanol–water partition coefficient (Wildman–Crippen LogP) is 4.38. The molecule has 0 bridgehead atoms. The molecule has 4 atom stereocenters. The molecular weight excluding hydrogens is 646 g/mol. The molecule has 2 aromatic heterocycles. The molecule has 0 spiro atoms. The van der Waals surface area contributed by atoms with Crippen molar-refractivity contribution in [2.75, 3.05) is 49.2 Å². The van der Waals surface area contributed by atoms with E-state index in [2.05, 4.69) is 37.1 Å². The van der Waals surface area contributed by atoms with Crippen LogP contribution in [0.5, 0.6) is 5.75 Å². The number of piperazine rings is 1. The molecule has 14 heteroatoms. The fourth-order valence-corrected chi connectivity index (χ4v) is 7.00. The average Bonchev–Trinajstić information content (AvgIpc) is 3.90. The zero-order valence-corrected chi connectivity index (χ0v) is 28.0. The maximum atomic E-state index is 14.9. The van der Waals surface area contributed by atoms with Crippen molar-refractivity contribution in [2.45, 2.75) is 44.6 Å². The third-order valence-electron chi connectivity index (χ3n) is 9.71. The van der Waals surface area contributed by atoms with Crippen molar-refractivity contribution in [1.29, 1.82) is 0 Å². The molecular formula is C36H40F2N8O4. The molecule has 4 heterocycles. The summed E-state index contributed by atoms with van der Waals surface area (Å²) in [6.07, 6.45) is 4.65. The molecule has 0 aliphatic carbocycles. The molecule has 2 fully saturated rings. The first-order valence-electron chi connectivity index (χ1n) is 16.9. The monoisotopic (exact) mass is 686 g/mol. The van der Waals surface area contributed by atoms with Crippen LogP contribution in [-0.4, -0.2) is 79.7 Å². The van der Waals surface area contributed by atoms with Crippen LogP contribution in [-0.2, 0) is 10.5 Å². The summed E-state index contributed by atoms with van der Waals surface area (Å²) in [5.74, 6) is -0.699. The first kappa shape index (κ1) is 33.4. The van der Waals surface area contributed by atoms with Crippen molar-refractivity contribution >= 4 is 11.4 Å². The van der Waals surface area contributed by atoms with Crippen molar-refractivity contribution in [3.8, 4) is 11.4 Å². The van der Waals surface area contributed by atoms with Crippen LogP contribution in [0.2, 0.25) is 0 Å². The molecule has 3 aromatic carbocycles. The van der Waals surface area contributed by atoms with Gasteiger partial charge < -0.3 is 24.4 Å². The Morgan fingerprint density at radius 1 is 0.940 bits per heavy atom. The van der Waals surface area contributed by atoms with Gasteiger partial charge in [-0.05, 0) is 74.0 Å². The van der Waals surface area contributed by atoms with Gasteiger partial charge in [0, 0.05) is 61.5 Å². The molecule has 1 N–H and O–H groups in total. The van der Waals surface area contributed by atoms with Gasteiger partial charge in [-0.1, -0.05) is 6.92 Å². The number of hydrogen-bond donors (Lipinski definition) is 1. The van der Waals surface area contributed by atoms with Gasteiger partial charge in [0.15, 0.2) is 5.72 Å². The normalized spacial score (nSPS) is 20.6. The summed E-state index contributed by atoms with van der Waals surface area (Å²) in [5, 5.41) is 18.5. The number of benzene rings is 3. The maximum absolute atomic E-state index is 14.9. The van der Waals surface area contributed by atoms with Crippen LogP contribution >= 0.6 is 0 Å². The lowest BCUT2D eigenvalue weighted by molar-refractivity contribution is -0.0390. The molecule has 0 radical (unpaired) electrons. The van der Waals surface area contributed by atoms with Crippen LogP contribution in [0.25, 0.3) is 5.69 Å². The first-order chi connectivity index (χ1) is 24.3. The number of hydrogen-bond acceptors (Lipinski definition) is 9. The summed E-state index contributed by atoms with van der Waals surface area (Å²) in [5.41, 5.74) is 1.60. The molecule has 50 heavy (non-hydrogen) atoms. The lowest BCUT2D eigenvalue weighted by Crippen LogP contribution is -2.46. The van der Waals surface area contributed by atoms with Crippen molar-refractivity contribution in [2.24, 2.45) is 5.92 Å². The van der Waals surface area contributed by atoms with Gasteiger partial charge in [0.05, 0.1) is 31.0 Å². The van der Waals surface area contributed by atoms with Gasteiger partial charge in [-0.25, -0.2) is 32.5 Å². The van der Waals surface area contributed by atoms with E-state index in [1.807, 2.05) is 43.3 Å². The molecule has 2 saturated heterocycles. The zero-order chi connectivity index (χ0) is 34.8. The molecule has 2 aliphatic rings. The minimum absolute atomic E-state index is 0.0624.